The van der Waals surface area contributed by atoms with Crippen molar-refractivity contribution in [3.8, 4) is 0 Å². The van der Waals surface area contributed by atoms with E-state index in [0.29, 0.717) is 17.7 Å². The molecule has 0 unspecified atom stereocenters. The molecule has 0 spiro atoms. The maximum absolute atomic E-state index is 5.68. The summed E-state index contributed by atoms with van der Waals surface area (Å²) < 4.78 is 0.769. The molecular formula is C8H11BrN4. The first kappa shape index (κ1) is 8.74. The van der Waals surface area contributed by atoms with Crippen molar-refractivity contribution in [2.24, 2.45) is 0 Å². The first-order chi connectivity index (χ1) is 6.16. The monoisotopic (exact) mass is 242 g/mol. The van der Waals surface area contributed by atoms with Crippen molar-refractivity contribution in [3.05, 3.63) is 10.3 Å². The first-order valence-corrected chi connectivity index (χ1v) is 5.02. The van der Waals surface area contributed by atoms with Gasteiger partial charge in [-0.1, -0.05) is 0 Å². The van der Waals surface area contributed by atoms with Crippen LogP contribution in [0.4, 0.5) is 11.6 Å². The Hall–Kier alpha value is -0.840. The molecule has 70 valence electrons. The number of nitrogens with two attached hydrogens (primary N) is 1. The number of nitrogen functional groups attached to an aromatic ring is 1. The minimum Gasteiger partial charge on any atom is -0.383 e. The second-order valence-electron chi connectivity index (χ2n) is 3.24. The molecule has 0 aliphatic heterocycles. The highest BCUT2D eigenvalue weighted by atomic mass is 79.9. The normalized spacial score (nSPS) is 15.8. The van der Waals surface area contributed by atoms with Crippen LogP contribution in [-0.4, -0.2) is 16.0 Å². The number of hydrogen-bond donors (Lipinski definition) is 2. The van der Waals surface area contributed by atoms with Crippen LogP contribution >= 0.6 is 15.9 Å². The van der Waals surface area contributed by atoms with E-state index in [4.69, 9.17) is 5.73 Å². The maximum Gasteiger partial charge on any atom is 0.146 e. The standard InChI is InChI=1S/C8H11BrN4/c1-4-11-7(10)6(9)8(12-4)13-5-2-3-5/h5H,2-3H2,1H3,(H3,10,11,12,13). The third-order valence-corrected chi connectivity index (χ3v) is 2.69. The highest BCUT2D eigenvalue weighted by Gasteiger charge is 2.23. The summed E-state index contributed by atoms with van der Waals surface area (Å²) in [5, 5.41) is 3.29. The summed E-state index contributed by atoms with van der Waals surface area (Å²) in [6.45, 7) is 1.83. The minimum atomic E-state index is 0.496. The molecule has 1 aliphatic rings. The second-order valence-corrected chi connectivity index (χ2v) is 4.03. The molecule has 13 heavy (non-hydrogen) atoms. The lowest BCUT2D eigenvalue weighted by Gasteiger charge is -2.08. The predicted molar refractivity (Wildman–Crippen MR) is 55.5 cm³/mol. The Balaban J connectivity index is 2.30. The van der Waals surface area contributed by atoms with Crippen molar-refractivity contribution in [2.75, 3.05) is 11.1 Å². The van der Waals surface area contributed by atoms with E-state index in [0.717, 1.165) is 10.3 Å². The zero-order valence-electron chi connectivity index (χ0n) is 7.34. The van der Waals surface area contributed by atoms with Crippen LogP contribution in [0.2, 0.25) is 0 Å². The quantitative estimate of drug-likeness (QED) is 0.829. The number of hydrogen-bond acceptors (Lipinski definition) is 4. The summed E-state index contributed by atoms with van der Waals surface area (Å²) in [4.78, 5) is 8.31. The van der Waals surface area contributed by atoms with E-state index in [1.165, 1.54) is 12.8 Å². The Kier molecular flexibility index (Phi) is 2.11. The Morgan fingerprint density at radius 2 is 2.15 bits per heavy atom. The molecule has 5 heteroatoms. The molecule has 0 bridgehead atoms. The molecule has 1 aromatic rings. The van der Waals surface area contributed by atoms with E-state index in [9.17, 15) is 0 Å². The van der Waals surface area contributed by atoms with Crippen LogP contribution in [0.15, 0.2) is 4.47 Å². The van der Waals surface area contributed by atoms with Gasteiger partial charge in [0, 0.05) is 6.04 Å². The van der Waals surface area contributed by atoms with Gasteiger partial charge in [-0.3, -0.25) is 0 Å². The van der Waals surface area contributed by atoms with Crippen molar-refractivity contribution < 1.29 is 0 Å². The molecular weight excluding hydrogens is 232 g/mol. The van der Waals surface area contributed by atoms with Crippen molar-refractivity contribution in [2.45, 2.75) is 25.8 Å². The Bertz CT molecular complexity index is 335. The number of aryl methyl sites for hydroxylation is 1. The van der Waals surface area contributed by atoms with Crippen molar-refractivity contribution in [1.29, 1.82) is 0 Å². The number of rotatable bonds is 2. The summed E-state index contributed by atoms with van der Waals surface area (Å²) in [5.41, 5.74) is 5.68. The van der Waals surface area contributed by atoms with Gasteiger partial charge < -0.3 is 11.1 Å². The van der Waals surface area contributed by atoms with E-state index in [1.807, 2.05) is 6.92 Å². The van der Waals surface area contributed by atoms with Crippen LogP contribution in [0.3, 0.4) is 0 Å². The van der Waals surface area contributed by atoms with Gasteiger partial charge in [-0.2, -0.15) is 0 Å². The molecule has 0 saturated heterocycles. The number of anilines is 2. The summed E-state index contributed by atoms with van der Waals surface area (Å²) in [5.74, 6) is 2.01. The lowest BCUT2D eigenvalue weighted by atomic mass is 10.5. The Labute approximate surface area is 85.1 Å². The first-order valence-electron chi connectivity index (χ1n) is 4.23. The number of nitrogens with one attached hydrogen (secondary N) is 1. The molecule has 0 atom stereocenters. The zero-order valence-corrected chi connectivity index (χ0v) is 8.93. The molecule has 3 N–H and O–H groups in total. The molecule has 1 aromatic heterocycles. The van der Waals surface area contributed by atoms with Gasteiger partial charge in [0.1, 0.15) is 21.9 Å². The van der Waals surface area contributed by atoms with Crippen LogP contribution in [0.25, 0.3) is 0 Å². The van der Waals surface area contributed by atoms with Crippen LogP contribution in [0, 0.1) is 6.92 Å². The minimum absolute atomic E-state index is 0.496. The van der Waals surface area contributed by atoms with Crippen molar-refractivity contribution >= 4 is 27.6 Å². The van der Waals surface area contributed by atoms with Gasteiger partial charge in [0.15, 0.2) is 0 Å². The highest BCUT2D eigenvalue weighted by Crippen LogP contribution is 2.30. The van der Waals surface area contributed by atoms with Gasteiger partial charge in [-0.05, 0) is 35.7 Å². The second kappa shape index (κ2) is 3.14. The molecule has 1 heterocycles. The highest BCUT2D eigenvalue weighted by molar-refractivity contribution is 9.10. The Morgan fingerprint density at radius 1 is 1.46 bits per heavy atom. The fraction of sp³-hybridized carbons (Fsp3) is 0.500. The van der Waals surface area contributed by atoms with Crippen LogP contribution in [-0.2, 0) is 0 Å². The average molecular weight is 243 g/mol. The van der Waals surface area contributed by atoms with E-state index in [1.54, 1.807) is 0 Å². The molecule has 2 rings (SSSR count). The summed E-state index contributed by atoms with van der Waals surface area (Å²) in [6, 6.07) is 0.574. The van der Waals surface area contributed by atoms with Gasteiger partial charge in [-0.15, -0.1) is 0 Å². The average Bonchev–Trinajstić information content (AvgIpc) is 2.83. The fourth-order valence-corrected chi connectivity index (χ4v) is 1.39. The number of nitrogens with zero attached hydrogens (tertiary/aromatic N) is 2. The molecule has 4 nitrogen and oxygen atoms in total. The molecule has 0 amide bonds. The lowest BCUT2D eigenvalue weighted by molar-refractivity contribution is 1.02. The Morgan fingerprint density at radius 3 is 2.77 bits per heavy atom. The fourth-order valence-electron chi connectivity index (χ4n) is 1.10. The van der Waals surface area contributed by atoms with E-state index in [-0.39, 0.29) is 0 Å². The van der Waals surface area contributed by atoms with Crippen LogP contribution in [0.1, 0.15) is 18.7 Å². The van der Waals surface area contributed by atoms with Crippen molar-refractivity contribution in [1.82, 2.24) is 9.97 Å². The van der Waals surface area contributed by atoms with Crippen LogP contribution < -0.4 is 11.1 Å². The number of halogens is 1. The van der Waals surface area contributed by atoms with Crippen molar-refractivity contribution in [3.63, 3.8) is 0 Å². The molecule has 1 saturated carbocycles. The van der Waals surface area contributed by atoms with E-state index < -0.39 is 0 Å². The third-order valence-electron chi connectivity index (χ3n) is 1.91. The molecule has 1 fully saturated rings. The number of aromatic nitrogens is 2. The van der Waals surface area contributed by atoms with Gasteiger partial charge in [-0.25, -0.2) is 9.97 Å². The maximum atomic E-state index is 5.68. The molecule has 0 radical (unpaired) electrons. The molecule has 0 aromatic carbocycles. The van der Waals surface area contributed by atoms with Crippen LogP contribution in [0.5, 0.6) is 0 Å². The van der Waals surface area contributed by atoms with Gasteiger partial charge >= 0.3 is 0 Å². The van der Waals surface area contributed by atoms with E-state index >= 15 is 0 Å². The predicted octanol–water partition coefficient (Wildman–Crippen LogP) is 1.70. The molecule has 1 aliphatic carbocycles. The SMILES string of the molecule is Cc1nc(N)c(Br)c(NC2CC2)n1. The summed E-state index contributed by atoms with van der Waals surface area (Å²) in [6.07, 6.45) is 2.44. The van der Waals surface area contributed by atoms with Gasteiger partial charge in [0.05, 0.1) is 0 Å². The largest absolute Gasteiger partial charge is 0.383 e. The smallest absolute Gasteiger partial charge is 0.146 e. The lowest BCUT2D eigenvalue weighted by Crippen LogP contribution is -2.07. The summed E-state index contributed by atoms with van der Waals surface area (Å²) in [7, 11) is 0. The van der Waals surface area contributed by atoms with Gasteiger partial charge in [0.25, 0.3) is 0 Å². The third kappa shape index (κ3) is 1.91. The summed E-state index contributed by atoms with van der Waals surface area (Å²) >= 11 is 3.36. The van der Waals surface area contributed by atoms with E-state index in [2.05, 4.69) is 31.2 Å². The zero-order chi connectivity index (χ0) is 9.42. The van der Waals surface area contributed by atoms with Gasteiger partial charge in [0.2, 0.25) is 0 Å². The topological polar surface area (TPSA) is 63.8 Å².